The topological polar surface area (TPSA) is 237 Å². The second-order valence-corrected chi connectivity index (χ2v) is 36.7. The zero-order valence-corrected chi connectivity index (χ0v) is 75.1. The van der Waals surface area contributed by atoms with Gasteiger partial charge >= 0.3 is 39.5 Å². The number of esters is 4. The van der Waals surface area contributed by atoms with E-state index in [1.165, 1.54) is 315 Å². The van der Waals surface area contributed by atoms with Gasteiger partial charge in [-0.05, 0) is 37.5 Å². The Balaban J connectivity index is 5.25. The molecule has 0 heterocycles. The molecule has 3 N–H and O–H groups in total. The summed E-state index contributed by atoms with van der Waals surface area (Å²) in [7, 11) is -9.94. The molecule has 0 saturated carbocycles. The number of hydrogen-bond acceptors (Lipinski definition) is 15. The quantitative estimate of drug-likeness (QED) is 0.0222. The van der Waals surface area contributed by atoms with Crippen molar-refractivity contribution in [3.8, 4) is 0 Å². The number of aliphatic hydroxyl groups is 1. The zero-order valence-electron chi connectivity index (χ0n) is 73.3. The van der Waals surface area contributed by atoms with Gasteiger partial charge < -0.3 is 33.8 Å². The summed E-state index contributed by atoms with van der Waals surface area (Å²) in [4.78, 5) is 73.5. The highest BCUT2D eigenvalue weighted by Crippen LogP contribution is 2.45. The van der Waals surface area contributed by atoms with E-state index in [2.05, 4.69) is 41.5 Å². The van der Waals surface area contributed by atoms with Gasteiger partial charge in [0, 0.05) is 25.7 Å². The highest BCUT2D eigenvalue weighted by molar-refractivity contribution is 7.47. The Kier molecular flexibility index (Phi) is 81.7. The van der Waals surface area contributed by atoms with Crippen molar-refractivity contribution in [1.82, 2.24) is 0 Å². The van der Waals surface area contributed by atoms with Crippen LogP contribution >= 0.6 is 15.6 Å². The van der Waals surface area contributed by atoms with Crippen LogP contribution < -0.4 is 0 Å². The van der Waals surface area contributed by atoms with E-state index in [9.17, 15) is 43.2 Å². The summed E-state index contributed by atoms with van der Waals surface area (Å²) >= 11 is 0. The van der Waals surface area contributed by atoms with Gasteiger partial charge in [-0.2, -0.15) is 0 Å². The number of ether oxygens (including phenoxy) is 4. The minimum absolute atomic E-state index is 0.108. The maximum absolute atomic E-state index is 13.2. The molecular formula is C92H180O17P2. The van der Waals surface area contributed by atoms with Gasteiger partial charge in [0.1, 0.15) is 19.3 Å². The summed E-state index contributed by atoms with van der Waals surface area (Å²) < 4.78 is 69.1. The van der Waals surface area contributed by atoms with Crippen LogP contribution in [0, 0.1) is 11.8 Å². The van der Waals surface area contributed by atoms with Gasteiger partial charge in [0.15, 0.2) is 12.2 Å². The smallest absolute Gasteiger partial charge is 0.462 e. The molecule has 6 atom stereocenters. The number of carbonyl (C=O) groups is 4. The zero-order chi connectivity index (χ0) is 81.3. The van der Waals surface area contributed by atoms with Crippen LogP contribution in [-0.4, -0.2) is 96.7 Å². The fraction of sp³-hybridized carbons (Fsp3) is 0.957. The van der Waals surface area contributed by atoms with Gasteiger partial charge in [-0.15, -0.1) is 0 Å². The lowest BCUT2D eigenvalue weighted by molar-refractivity contribution is -0.161. The minimum atomic E-state index is -4.97. The molecule has 19 heteroatoms. The molecule has 0 aromatic rings. The van der Waals surface area contributed by atoms with Gasteiger partial charge in [-0.25, -0.2) is 9.13 Å². The molecule has 0 aliphatic heterocycles. The monoisotopic (exact) mass is 1620 g/mol. The van der Waals surface area contributed by atoms with Crippen molar-refractivity contribution in [2.45, 2.75) is 516 Å². The lowest BCUT2D eigenvalue weighted by Crippen LogP contribution is -2.30. The van der Waals surface area contributed by atoms with E-state index >= 15 is 0 Å². The predicted molar refractivity (Wildman–Crippen MR) is 460 cm³/mol. The summed E-state index contributed by atoms with van der Waals surface area (Å²) in [5, 5.41) is 10.7. The molecule has 0 spiro atoms. The first-order chi connectivity index (χ1) is 53.9. The first kappa shape index (κ1) is 109. The van der Waals surface area contributed by atoms with Crippen LogP contribution in [-0.2, 0) is 65.4 Å². The summed E-state index contributed by atoms with van der Waals surface area (Å²) in [6, 6.07) is 0. The standard InChI is InChI=1S/C92H180O17P2/c1-7-10-12-14-16-18-20-22-24-26-28-30-32-37-41-45-49-56-62-68-74-89(94)102-80-87(108-91(96)76-70-64-58-50-46-42-38-33-31-29-27-25-23-21-19-17-15-13-11-8-2)82-106-110(98,99)104-78-86(93)79-105-111(100,101)107-83-88(81-103-90(95)75-69-63-57-53-52-55-61-67-73-85(6)9-3)109-92(97)77-71-65-59-51-47-43-39-35-34-36-40-44-48-54-60-66-72-84(4)5/h84-88,93H,7-83H2,1-6H3,(H,98,99)(H,100,101)/t85?,86-,87-,88-/m1/s1. The molecule has 17 nitrogen and oxygen atoms in total. The number of rotatable bonds is 91. The Hall–Kier alpha value is -1.94. The van der Waals surface area contributed by atoms with E-state index < -0.39 is 97.5 Å². The van der Waals surface area contributed by atoms with Crippen LogP contribution in [0.4, 0.5) is 0 Å². The van der Waals surface area contributed by atoms with Crippen molar-refractivity contribution >= 4 is 39.5 Å². The molecule has 0 aliphatic rings. The fourth-order valence-electron chi connectivity index (χ4n) is 14.4. The lowest BCUT2D eigenvalue weighted by atomic mass is 9.99. The molecule has 0 aliphatic carbocycles. The number of aliphatic hydroxyl groups excluding tert-OH is 1. The van der Waals surface area contributed by atoms with Crippen LogP contribution in [0.5, 0.6) is 0 Å². The van der Waals surface area contributed by atoms with Crippen molar-refractivity contribution in [3.63, 3.8) is 0 Å². The van der Waals surface area contributed by atoms with Gasteiger partial charge in [-0.1, -0.05) is 446 Å². The second-order valence-electron chi connectivity index (χ2n) is 33.8. The fourth-order valence-corrected chi connectivity index (χ4v) is 16.0. The summed E-state index contributed by atoms with van der Waals surface area (Å²) in [5.74, 6) is -0.508. The van der Waals surface area contributed by atoms with Crippen molar-refractivity contribution < 1.29 is 80.2 Å². The van der Waals surface area contributed by atoms with Crippen molar-refractivity contribution in [3.05, 3.63) is 0 Å². The third-order valence-electron chi connectivity index (χ3n) is 22.1. The molecule has 0 aromatic heterocycles. The molecular weight excluding hydrogens is 1440 g/mol. The van der Waals surface area contributed by atoms with Gasteiger partial charge in [0.05, 0.1) is 26.4 Å². The number of phosphoric ester groups is 2. The maximum atomic E-state index is 13.2. The van der Waals surface area contributed by atoms with Crippen LogP contribution in [0.3, 0.4) is 0 Å². The molecule has 0 saturated heterocycles. The average molecular weight is 1620 g/mol. The number of phosphoric acid groups is 2. The second kappa shape index (κ2) is 83.1. The Morgan fingerprint density at radius 2 is 0.459 bits per heavy atom. The molecule has 3 unspecified atom stereocenters. The van der Waals surface area contributed by atoms with Crippen LogP contribution in [0.2, 0.25) is 0 Å². The molecule has 0 amide bonds. The molecule has 0 bridgehead atoms. The Bertz CT molecular complexity index is 2120. The SMILES string of the molecule is CCCCCCCCCCCCCCCCCCCCCCC(=O)OC[C@H](COP(=O)(O)OC[C@@H](O)COP(=O)(O)OC[C@@H](COC(=O)CCCCCCCCCCC(C)CC)OC(=O)CCCCCCCCCCCCCCCCCCC(C)C)OC(=O)CCCCCCCCCCCCCCCCCCCCCC. The molecule has 660 valence electrons. The first-order valence-corrected chi connectivity index (χ1v) is 50.5. The predicted octanol–water partition coefficient (Wildman–Crippen LogP) is 28.6. The molecule has 0 radical (unpaired) electrons. The Morgan fingerprint density at radius 3 is 0.685 bits per heavy atom. The lowest BCUT2D eigenvalue weighted by Gasteiger charge is -2.21. The summed E-state index contributed by atoms with van der Waals surface area (Å²) in [6.45, 7) is 9.74. The normalized spacial score (nSPS) is 14.0. The van der Waals surface area contributed by atoms with Gasteiger partial charge in [-0.3, -0.25) is 37.3 Å². The summed E-state index contributed by atoms with van der Waals surface area (Å²) in [5.41, 5.74) is 0. The van der Waals surface area contributed by atoms with Crippen LogP contribution in [0.1, 0.15) is 497 Å². The van der Waals surface area contributed by atoms with Crippen LogP contribution in [0.15, 0.2) is 0 Å². The van der Waals surface area contributed by atoms with Crippen molar-refractivity contribution in [2.24, 2.45) is 11.8 Å². The summed E-state index contributed by atoms with van der Waals surface area (Å²) in [6.07, 6.45) is 77.8. The highest BCUT2D eigenvalue weighted by Gasteiger charge is 2.31. The molecule has 0 rings (SSSR count). The van der Waals surface area contributed by atoms with Gasteiger partial charge in [0.25, 0.3) is 0 Å². The Labute approximate surface area is 683 Å². The van der Waals surface area contributed by atoms with E-state index in [0.717, 1.165) is 102 Å². The minimum Gasteiger partial charge on any atom is -0.462 e. The Morgan fingerprint density at radius 1 is 0.261 bits per heavy atom. The van der Waals surface area contributed by atoms with E-state index in [4.69, 9.17) is 37.0 Å². The molecule has 111 heavy (non-hydrogen) atoms. The van der Waals surface area contributed by atoms with E-state index in [0.29, 0.717) is 25.7 Å². The third-order valence-corrected chi connectivity index (χ3v) is 24.0. The van der Waals surface area contributed by atoms with E-state index in [1.54, 1.807) is 0 Å². The molecule has 0 fully saturated rings. The third kappa shape index (κ3) is 84.3. The average Bonchev–Trinajstić information content (AvgIpc) is 0.894. The van der Waals surface area contributed by atoms with Gasteiger partial charge in [0.2, 0.25) is 0 Å². The number of carbonyl (C=O) groups excluding carboxylic acids is 4. The number of hydrogen-bond donors (Lipinski definition) is 3. The van der Waals surface area contributed by atoms with Crippen LogP contribution in [0.25, 0.3) is 0 Å². The molecule has 0 aromatic carbocycles. The number of unbranched alkanes of at least 4 members (excludes halogenated alkanes) is 60. The van der Waals surface area contributed by atoms with E-state index in [1.807, 2.05) is 0 Å². The largest absolute Gasteiger partial charge is 0.472 e. The van der Waals surface area contributed by atoms with E-state index in [-0.39, 0.29) is 25.7 Å². The maximum Gasteiger partial charge on any atom is 0.472 e. The van der Waals surface area contributed by atoms with Crippen molar-refractivity contribution in [1.29, 1.82) is 0 Å². The van der Waals surface area contributed by atoms with Crippen molar-refractivity contribution in [2.75, 3.05) is 39.6 Å². The first-order valence-electron chi connectivity index (χ1n) is 47.5. The highest BCUT2D eigenvalue weighted by atomic mass is 31.2.